The highest BCUT2D eigenvalue weighted by Gasteiger charge is 2.46. The van der Waals surface area contributed by atoms with Gasteiger partial charge in [-0.3, -0.25) is 43.3 Å². The Bertz CT molecular complexity index is 2530. The third kappa shape index (κ3) is 12.8. The number of imide groups is 1. The largest absolute Gasteiger partial charge is 0.507 e. The van der Waals surface area contributed by atoms with Crippen molar-refractivity contribution in [2.45, 2.75) is 146 Å². The molecule has 0 bridgehead atoms. The number of hydrogen-bond acceptors (Lipinski definition) is 17. The van der Waals surface area contributed by atoms with Crippen LogP contribution in [-0.4, -0.2) is 173 Å². The number of fused-ring (bicyclic) bond motifs is 3. The summed E-state index contributed by atoms with van der Waals surface area (Å²) in [5.74, 6) is -6.40. The first-order valence-electron chi connectivity index (χ1n) is 25.7. The Balaban J connectivity index is 0.957. The monoisotopic (exact) mass is 1070 g/mol. The van der Waals surface area contributed by atoms with Crippen LogP contribution in [0.4, 0.5) is 4.48 Å². The molecular formula is C52H69FN6O15S. The number of carbonyl (C=O) groups is 8. The summed E-state index contributed by atoms with van der Waals surface area (Å²) >= 11 is 1.47. The van der Waals surface area contributed by atoms with E-state index in [1.54, 1.807) is 6.92 Å². The number of aromatic hydroxyl groups is 2. The number of nitrogens with one attached hydrogen (secondary N) is 3. The highest BCUT2D eigenvalue weighted by Crippen LogP contribution is 2.52. The molecule has 2 aromatic rings. The van der Waals surface area contributed by atoms with Crippen molar-refractivity contribution in [3.63, 3.8) is 0 Å². The van der Waals surface area contributed by atoms with Crippen molar-refractivity contribution < 1.29 is 76.7 Å². The van der Waals surface area contributed by atoms with E-state index in [2.05, 4.69) is 22.9 Å². The SMILES string of the molecule is CCCCC(C)SC1CC(=O)N(CCC(=O)NC(C)C(=O)N[C@@H](C)C(=O)N(C)CCNC(=O)C2Cc3c(O)c4c(c(O)c3[C@@H](OC3CC[C@H](OC5COCCN5F)[C@H](C)O3)C2)C(=O)c2c(OC)cccc2C4=O)C1=O. The molecule has 6 amide bonds. The maximum Gasteiger partial charge on any atom is 0.244 e. The average molecular weight is 1070 g/mol. The van der Waals surface area contributed by atoms with Gasteiger partial charge in [-0.15, -0.1) is 21.4 Å². The molecule has 5 aliphatic rings. The number of nitrogens with zero attached hydrogens (tertiary/aromatic N) is 3. The van der Waals surface area contributed by atoms with Gasteiger partial charge in [-0.05, 0) is 52.5 Å². The number of benzene rings is 2. The molecule has 0 spiro atoms. The van der Waals surface area contributed by atoms with Gasteiger partial charge in [0, 0.05) is 73.8 Å². The van der Waals surface area contributed by atoms with Crippen LogP contribution in [0.5, 0.6) is 17.2 Å². The van der Waals surface area contributed by atoms with Crippen molar-refractivity contribution in [2.24, 2.45) is 5.92 Å². The summed E-state index contributed by atoms with van der Waals surface area (Å²) < 4.78 is 44.0. The number of ketones is 2. The number of halogens is 1. The van der Waals surface area contributed by atoms with E-state index in [0.29, 0.717) is 11.5 Å². The Morgan fingerprint density at radius 3 is 2.43 bits per heavy atom. The van der Waals surface area contributed by atoms with Crippen LogP contribution in [0.15, 0.2) is 18.2 Å². The molecule has 3 fully saturated rings. The number of thioether (sulfide) groups is 1. The molecule has 21 nitrogen and oxygen atoms in total. The van der Waals surface area contributed by atoms with Crippen molar-refractivity contribution in [1.29, 1.82) is 0 Å². The number of amides is 6. The zero-order valence-corrected chi connectivity index (χ0v) is 44.3. The van der Waals surface area contributed by atoms with Crippen LogP contribution in [-0.2, 0) is 54.1 Å². The third-order valence-corrected chi connectivity index (χ3v) is 15.8. The lowest BCUT2D eigenvalue weighted by Crippen LogP contribution is -2.52. The topological polar surface area (TPSA) is 269 Å². The minimum atomic E-state index is -1.16. The normalized spacial score (nSPS) is 24.9. The van der Waals surface area contributed by atoms with E-state index in [-0.39, 0.29) is 117 Å². The van der Waals surface area contributed by atoms with E-state index in [1.165, 1.54) is 62.9 Å². The molecule has 75 heavy (non-hydrogen) atoms. The first kappa shape index (κ1) is 57.0. The summed E-state index contributed by atoms with van der Waals surface area (Å²) in [5, 5.41) is 32.2. The molecule has 2 aliphatic carbocycles. The molecule has 0 radical (unpaired) electrons. The summed E-state index contributed by atoms with van der Waals surface area (Å²) in [6.45, 7) is 8.90. The van der Waals surface area contributed by atoms with Gasteiger partial charge < -0.3 is 54.7 Å². The molecule has 0 saturated carbocycles. The quantitative estimate of drug-likeness (QED) is 0.0582. The number of likely N-dealkylation sites (tertiary alicyclic amines) is 1. The van der Waals surface area contributed by atoms with Crippen molar-refractivity contribution >= 4 is 58.8 Å². The van der Waals surface area contributed by atoms with Crippen molar-refractivity contribution in [3.8, 4) is 17.2 Å². The fraction of sp³-hybridized carbons (Fsp3) is 0.615. The lowest BCUT2D eigenvalue weighted by atomic mass is 9.74. The molecule has 5 N–H and O–H groups in total. The summed E-state index contributed by atoms with van der Waals surface area (Å²) in [5.41, 5.74) is -0.938. The van der Waals surface area contributed by atoms with Gasteiger partial charge in [-0.25, -0.2) is 0 Å². The summed E-state index contributed by atoms with van der Waals surface area (Å²) in [6.07, 6.45) is -0.933. The van der Waals surface area contributed by atoms with Gasteiger partial charge in [0.15, 0.2) is 18.3 Å². The fourth-order valence-corrected chi connectivity index (χ4v) is 11.6. The Hall–Kier alpha value is -5.72. The fourth-order valence-electron chi connectivity index (χ4n) is 10.2. The molecule has 0 aromatic heterocycles. The van der Waals surface area contributed by atoms with E-state index in [4.69, 9.17) is 23.7 Å². The molecule has 410 valence electrons. The van der Waals surface area contributed by atoms with Crippen LogP contribution in [0, 0.1) is 5.92 Å². The van der Waals surface area contributed by atoms with Gasteiger partial charge >= 0.3 is 0 Å². The lowest BCUT2D eigenvalue weighted by Gasteiger charge is -2.40. The van der Waals surface area contributed by atoms with E-state index < -0.39 is 112 Å². The average Bonchev–Trinajstić information content (AvgIpc) is 3.67. The van der Waals surface area contributed by atoms with Gasteiger partial charge in [0.1, 0.15) is 29.3 Å². The number of likely N-dealkylation sites (N-methyl/N-ethyl adjacent to an activating group) is 1. The lowest BCUT2D eigenvalue weighted by molar-refractivity contribution is -0.283. The first-order chi connectivity index (χ1) is 35.7. The van der Waals surface area contributed by atoms with E-state index in [1.807, 2.05) is 6.92 Å². The predicted molar refractivity (Wildman–Crippen MR) is 268 cm³/mol. The van der Waals surface area contributed by atoms with E-state index in [0.717, 1.165) is 24.2 Å². The van der Waals surface area contributed by atoms with Crippen LogP contribution in [0.1, 0.15) is 135 Å². The predicted octanol–water partition coefficient (Wildman–Crippen LogP) is 3.37. The van der Waals surface area contributed by atoms with E-state index >= 15 is 0 Å². The molecule has 3 heterocycles. The maximum atomic E-state index is 14.5. The molecule has 23 heteroatoms. The number of ether oxygens (including phenoxy) is 5. The zero-order chi connectivity index (χ0) is 54.4. The first-order valence-corrected chi connectivity index (χ1v) is 26.6. The summed E-state index contributed by atoms with van der Waals surface area (Å²) in [6, 6.07) is 2.33. The Morgan fingerprint density at radius 1 is 0.973 bits per heavy atom. The second-order valence-electron chi connectivity index (χ2n) is 19.8. The van der Waals surface area contributed by atoms with E-state index in [9.17, 15) is 53.1 Å². The summed E-state index contributed by atoms with van der Waals surface area (Å²) in [4.78, 5) is 110. The van der Waals surface area contributed by atoms with Crippen LogP contribution < -0.4 is 20.7 Å². The number of unbranched alkanes of at least 4 members (excludes halogenated alkanes) is 1. The molecule has 10 atom stereocenters. The maximum absolute atomic E-state index is 14.5. The van der Waals surface area contributed by atoms with Crippen molar-refractivity contribution in [2.75, 3.05) is 53.6 Å². The Kier molecular flexibility index (Phi) is 19.0. The van der Waals surface area contributed by atoms with Crippen LogP contribution in [0.25, 0.3) is 0 Å². The summed E-state index contributed by atoms with van der Waals surface area (Å²) in [7, 11) is 2.81. The number of rotatable bonds is 21. The minimum Gasteiger partial charge on any atom is -0.507 e. The van der Waals surface area contributed by atoms with Gasteiger partial charge in [0.25, 0.3) is 0 Å². The minimum absolute atomic E-state index is 0.00547. The smallest absolute Gasteiger partial charge is 0.244 e. The second-order valence-corrected chi connectivity index (χ2v) is 21.4. The van der Waals surface area contributed by atoms with Gasteiger partial charge in [-0.1, -0.05) is 38.8 Å². The molecule has 3 aliphatic heterocycles. The third-order valence-electron chi connectivity index (χ3n) is 14.4. The number of methoxy groups -OCH3 is 1. The number of morpholine rings is 1. The Labute approximate surface area is 439 Å². The molecular weight excluding hydrogens is 1000 g/mol. The zero-order valence-electron chi connectivity index (χ0n) is 43.4. The number of phenolic OH excluding ortho intramolecular Hbond substituents is 2. The van der Waals surface area contributed by atoms with Gasteiger partial charge in [0.05, 0.1) is 67.1 Å². The highest BCUT2D eigenvalue weighted by atomic mass is 32.2. The molecule has 6 unspecified atom stereocenters. The molecule has 3 saturated heterocycles. The number of hydrogen-bond donors (Lipinski definition) is 5. The van der Waals surface area contributed by atoms with Crippen LogP contribution in [0.3, 0.4) is 0 Å². The van der Waals surface area contributed by atoms with Crippen LogP contribution >= 0.6 is 11.8 Å². The van der Waals surface area contributed by atoms with Crippen molar-refractivity contribution in [1.82, 2.24) is 30.9 Å². The highest BCUT2D eigenvalue weighted by molar-refractivity contribution is 8.01. The Morgan fingerprint density at radius 2 is 1.72 bits per heavy atom. The number of phenols is 2. The van der Waals surface area contributed by atoms with Gasteiger partial charge in [-0.2, -0.15) is 0 Å². The molecule has 7 rings (SSSR count). The number of carbonyl (C=O) groups excluding carboxylic acids is 8. The standard InChI is InChI=1S/C52H69FN6O15S/c1-8-9-11-26(2)75-36-24-38(61)58(52(36)69)18-16-37(60)55-27(3)49(66)56-28(4)51(68)57(6)19-17-54-50(67)30-22-32-42(35(23-30)74-40-15-14-33(29(5)72-40)73-39-25-71-21-20-59(39)53)48(65)44-43(46(32)63)45(62)31-12-10-13-34(70-7)41(31)47(44)64/h10,12-13,26-30,33,35-36,39-40,63,65H,8-9,11,14-25H2,1-7H3,(H,54,67)(H,55,60)(H,56,66)/t26?,27?,28-,29-,30?,33-,35-,36?,39?,40?/m0/s1. The van der Waals surface area contributed by atoms with Crippen molar-refractivity contribution in [3.05, 3.63) is 51.6 Å². The second kappa shape index (κ2) is 25.0. The molecule has 2 aromatic carbocycles. The van der Waals surface area contributed by atoms with Gasteiger partial charge in [0.2, 0.25) is 41.2 Å². The van der Waals surface area contributed by atoms with Crippen LogP contribution in [0.2, 0.25) is 0 Å².